The maximum atomic E-state index is 11.5. The molecule has 0 aliphatic carbocycles. The third-order valence-corrected chi connectivity index (χ3v) is 4.50. The van der Waals surface area contributed by atoms with Crippen molar-refractivity contribution in [3.05, 3.63) is 24.3 Å². The van der Waals surface area contributed by atoms with Crippen LogP contribution in [0.5, 0.6) is 0 Å². The Labute approximate surface area is 95.5 Å². The molecule has 15 heavy (non-hydrogen) atoms. The third-order valence-electron chi connectivity index (χ3n) is 1.71. The van der Waals surface area contributed by atoms with Crippen LogP contribution in [0.4, 0.5) is 0 Å². The van der Waals surface area contributed by atoms with Crippen LogP contribution in [0.2, 0.25) is 0 Å². The molecule has 4 nitrogen and oxygen atoms in total. The fraction of sp³-hybridized carbons (Fsp3) is 0.250. The molecular weight excluding hydrogens is 260 g/mol. The summed E-state index contributed by atoms with van der Waals surface area (Å²) in [6.45, 7) is 0. The second-order valence-electron chi connectivity index (χ2n) is 2.73. The van der Waals surface area contributed by atoms with Gasteiger partial charge < -0.3 is 4.55 Å². The van der Waals surface area contributed by atoms with Crippen LogP contribution in [0.3, 0.4) is 0 Å². The Balaban J connectivity index is 3.16. The lowest BCUT2D eigenvalue weighted by Gasteiger charge is -2.03. The Kier molecular flexibility index (Phi) is 4.27. The lowest BCUT2D eigenvalue weighted by atomic mass is 10.4. The van der Waals surface area contributed by atoms with Gasteiger partial charge in [0.15, 0.2) is 20.9 Å². The highest BCUT2D eigenvalue weighted by Crippen LogP contribution is 2.15. The summed E-state index contributed by atoms with van der Waals surface area (Å²) in [7, 11) is -3.44. The summed E-state index contributed by atoms with van der Waals surface area (Å²) in [6, 6.07) is 5.36. The molecule has 1 N–H and O–H groups in total. The van der Waals surface area contributed by atoms with Crippen LogP contribution in [0.15, 0.2) is 34.1 Å². The van der Waals surface area contributed by atoms with Gasteiger partial charge in [-0.2, -0.15) is 0 Å². The van der Waals surface area contributed by atoms with Gasteiger partial charge in [-0.25, -0.2) is 12.6 Å². The van der Waals surface area contributed by atoms with E-state index in [0.29, 0.717) is 0 Å². The van der Waals surface area contributed by atoms with E-state index in [-0.39, 0.29) is 21.4 Å². The van der Waals surface area contributed by atoms with Gasteiger partial charge in [0.1, 0.15) is 0 Å². The molecule has 7 heteroatoms. The molecule has 1 aromatic carbocycles. The molecule has 1 atom stereocenters. The molecule has 0 aliphatic heterocycles. The second kappa shape index (κ2) is 5.07. The Morgan fingerprint density at radius 3 is 2.60 bits per heavy atom. The van der Waals surface area contributed by atoms with E-state index >= 15 is 0 Å². The van der Waals surface area contributed by atoms with Gasteiger partial charge in [-0.3, -0.25) is 0 Å². The summed E-state index contributed by atoms with van der Waals surface area (Å²) >= 11 is 3.17. The Bertz CT molecular complexity index is 469. The van der Waals surface area contributed by atoms with Crippen molar-refractivity contribution in [1.29, 1.82) is 0 Å². The van der Waals surface area contributed by atoms with Crippen molar-refractivity contribution in [3.8, 4) is 0 Å². The maximum Gasteiger partial charge on any atom is 0.186 e. The van der Waals surface area contributed by atoms with E-state index in [1.54, 1.807) is 0 Å². The van der Waals surface area contributed by atoms with Crippen LogP contribution < -0.4 is 0 Å². The quantitative estimate of drug-likeness (QED) is 0.660. The first-order valence-electron chi connectivity index (χ1n) is 3.97. The summed E-state index contributed by atoms with van der Waals surface area (Å²) in [4.78, 5) is 0.0775. The van der Waals surface area contributed by atoms with Crippen molar-refractivity contribution < 1.29 is 17.2 Å². The van der Waals surface area contributed by atoms with Gasteiger partial charge in [0, 0.05) is 5.88 Å². The monoisotopic (exact) mass is 268 g/mol. The highest BCUT2D eigenvalue weighted by molar-refractivity contribution is 7.91. The standard InChI is InChI=1S/C8H9ClO4S2/c9-4-5-15(12,13)8-3-1-2-7(6-8)14(10)11/h1-3,6H,4-5H2,(H,10,11). The second-order valence-corrected chi connectivity index (χ2v) is 6.19. The summed E-state index contributed by atoms with van der Waals surface area (Å²) < 4.78 is 42.6. The van der Waals surface area contributed by atoms with E-state index < -0.39 is 20.9 Å². The first-order valence-corrected chi connectivity index (χ1v) is 7.26. The highest BCUT2D eigenvalue weighted by Gasteiger charge is 2.14. The minimum Gasteiger partial charge on any atom is -0.302 e. The fourth-order valence-corrected chi connectivity index (χ4v) is 3.13. The van der Waals surface area contributed by atoms with Crippen molar-refractivity contribution in [1.82, 2.24) is 0 Å². The van der Waals surface area contributed by atoms with E-state index in [4.69, 9.17) is 16.2 Å². The van der Waals surface area contributed by atoms with Crippen molar-refractivity contribution in [2.75, 3.05) is 11.6 Å². The number of hydrogen-bond donors (Lipinski definition) is 1. The van der Waals surface area contributed by atoms with Gasteiger partial charge >= 0.3 is 0 Å². The SMILES string of the molecule is O=S(O)c1cccc(S(=O)(=O)CCCl)c1. The lowest BCUT2D eigenvalue weighted by Crippen LogP contribution is -2.08. The maximum absolute atomic E-state index is 11.5. The first kappa shape index (κ1) is 12.6. The molecule has 0 saturated heterocycles. The molecule has 0 spiro atoms. The van der Waals surface area contributed by atoms with Crippen LogP contribution in [-0.2, 0) is 20.9 Å². The van der Waals surface area contributed by atoms with Crippen molar-refractivity contribution >= 4 is 32.5 Å². The molecule has 1 rings (SSSR count). The van der Waals surface area contributed by atoms with Gasteiger partial charge in [-0.05, 0) is 18.2 Å². The van der Waals surface area contributed by atoms with E-state index in [9.17, 15) is 12.6 Å². The Morgan fingerprint density at radius 2 is 2.07 bits per heavy atom. The molecule has 0 bridgehead atoms. The van der Waals surface area contributed by atoms with Crippen molar-refractivity contribution in [2.45, 2.75) is 9.79 Å². The molecular formula is C8H9ClO4S2. The van der Waals surface area contributed by atoms with E-state index in [2.05, 4.69) is 0 Å². The topological polar surface area (TPSA) is 71.4 Å². The Hall–Kier alpha value is -0.430. The summed E-state index contributed by atoms with van der Waals surface area (Å²) in [5.41, 5.74) is 0. The molecule has 0 fully saturated rings. The van der Waals surface area contributed by atoms with Crippen LogP contribution in [0.1, 0.15) is 0 Å². The number of halogens is 1. The molecule has 1 aromatic rings. The number of alkyl halides is 1. The van der Waals surface area contributed by atoms with Crippen LogP contribution in [0.25, 0.3) is 0 Å². The van der Waals surface area contributed by atoms with Crippen LogP contribution in [0, 0.1) is 0 Å². The predicted molar refractivity (Wildman–Crippen MR) is 58.3 cm³/mol. The van der Waals surface area contributed by atoms with Gasteiger partial charge in [0.2, 0.25) is 0 Å². The van der Waals surface area contributed by atoms with E-state index in [1.165, 1.54) is 24.3 Å². The van der Waals surface area contributed by atoms with Crippen LogP contribution in [-0.4, -0.2) is 28.8 Å². The highest BCUT2D eigenvalue weighted by atomic mass is 35.5. The van der Waals surface area contributed by atoms with Gasteiger partial charge in [0.05, 0.1) is 15.5 Å². The average molecular weight is 269 g/mol. The van der Waals surface area contributed by atoms with E-state index in [0.717, 1.165) is 0 Å². The number of sulfone groups is 1. The molecule has 0 aliphatic rings. The Morgan fingerprint density at radius 1 is 1.40 bits per heavy atom. The minimum absolute atomic E-state index is 0.00518. The molecule has 84 valence electrons. The first-order chi connectivity index (χ1) is 6.97. The van der Waals surface area contributed by atoms with Crippen molar-refractivity contribution in [3.63, 3.8) is 0 Å². The number of benzene rings is 1. The minimum atomic E-state index is -3.44. The zero-order valence-corrected chi connectivity index (χ0v) is 9.98. The smallest absolute Gasteiger partial charge is 0.186 e. The molecule has 0 radical (unpaired) electrons. The largest absolute Gasteiger partial charge is 0.302 e. The average Bonchev–Trinajstić information content (AvgIpc) is 2.18. The predicted octanol–water partition coefficient (Wildman–Crippen LogP) is 1.28. The number of hydrogen-bond acceptors (Lipinski definition) is 3. The van der Waals surface area contributed by atoms with Gasteiger partial charge in [-0.1, -0.05) is 6.07 Å². The number of rotatable bonds is 4. The molecule has 0 saturated carbocycles. The molecule has 0 amide bonds. The molecule has 1 unspecified atom stereocenters. The van der Waals surface area contributed by atoms with Crippen molar-refractivity contribution in [2.24, 2.45) is 0 Å². The van der Waals surface area contributed by atoms with E-state index in [1.807, 2.05) is 0 Å². The van der Waals surface area contributed by atoms with Crippen LogP contribution >= 0.6 is 11.6 Å². The molecule has 0 aromatic heterocycles. The fourth-order valence-electron chi connectivity index (χ4n) is 0.996. The summed E-state index contributed by atoms with van der Waals surface area (Å²) in [5, 5.41) is 0. The normalized spacial score (nSPS) is 13.7. The summed E-state index contributed by atoms with van der Waals surface area (Å²) in [6.07, 6.45) is 0. The zero-order chi connectivity index (χ0) is 11.5. The third kappa shape index (κ3) is 3.27. The molecule has 0 heterocycles. The van der Waals surface area contributed by atoms with Gasteiger partial charge in [0.25, 0.3) is 0 Å². The lowest BCUT2D eigenvalue weighted by molar-refractivity contribution is 0.564. The van der Waals surface area contributed by atoms with Gasteiger partial charge in [-0.15, -0.1) is 11.6 Å². The zero-order valence-electron chi connectivity index (χ0n) is 7.59. The summed E-state index contributed by atoms with van der Waals surface area (Å²) in [5.74, 6) is -0.190.